The number of rotatable bonds is 6. The lowest BCUT2D eigenvalue weighted by Gasteiger charge is -2.15. The number of pyridine rings is 1. The van der Waals surface area contributed by atoms with Crippen LogP contribution in [0.25, 0.3) is 0 Å². The number of nitrogens with two attached hydrogens (primary N) is 1. The van der Waals surface area contributed by atoms with E-state index in [0.717, 1.165) is 11.1 Å². The smallest absolute Gasteiger partial charge is 0.216 e. The zero-order valence-electron chi connectivity index (χ0n) is 10.2. The van der Waals surface area contributed by atoms with Crippen molar-refractivity contribution in [2.24, 2.45) is 5.73 Å². The summed E-state index contributed by atoms with van der Waals surface area (Å²) < 4.78 is 26.3. The highest BCUT2D eigenvalue weighted by molar-refractivity contribution is 7.90. The minimum Gasteiger partial charge on any atom is -0.329 e. The van der Waals surface area contributed by atoms with Crippen LogP contribution >= 0.6 is 0 Å². The molecule has 0 bridgehead atoms. The lowest BCUT2D eigenvalue weighted by Crippen LogP contribution is -2.38. The van der Waals surface area contributed by atoms with Crippen LogP contribution in [0.3, 0.4) is 0 Å². The molecule has 96 valence electrons. The van der Waals surface area contributed by atoms with Gasteiger partial charge in [0.2, 0.25) is 10.0 Å². The van der Waals surface area contributed by atoms with E-state index >= 15 is 0 Å². The third-order valence-corrected chi connectivity index (χ3v) is 4.71. The molecule has 0 amide bonds. The average Bonchev–Trinajstić information content (AvgIpc) is 2.29. The quantitative estimate of drug-likeness (QED) is 0.779. The Morgan fingerprint density at radius 2 is 2.24 bits per heavy atom. The molecule has 0 aromatic carbocycles. The van der Waals surface area contributed by atoms with Crippen LogP contribution in [0.1, 0.15) is 24.5 Å². The molecular formula is C11H19N3O2S. The molecule has 5 nitrogen and oxygen atoms in total. The maximum absolute atomic E-state index is 11.9. The summed E-state index contributed by atoms with van der Waals surface area (Å²) in [6, 6.07) is 1.81. The summed E-state index contributed by atoms with van der Waals surface area (Å²) in [6.07, 6.45) is 3.88. The normalized spacial score (nSPS) is 13.6. The van der Waals surface area contributed by atoms with Crippen molar-refractivity contribution < 1.29 is 8.42 Å². The van der Waals surface area contributed by atoms with Gasteiger partial charge < -0.3 is 5.73 Å². The maximum Gasteiger partial charge on any atom is 0.216 e. The first-order chi connectivity index (χ1) is 8.01. The number of hydrogen-bond acceptors (Lipinski definition) is 4. The van der Waals surface area contributed by atoms with Crippen molar-refractivity contribution in [3.05, 3.63) is 29.6 Å². The molecule has 0 aliphatic rings. The molecule has 1 aromatic rings. The van der Waals surface area contributed by atoms with E-state index in [1.54, 1.807) is 18.5 Å². The fraction of sp³-hybridized carbons (Fsp3) is 0.545. The molecule has 0 aliphatic carbocycles. The molecule has 0 saturated heterocycles. The number of nitrogens with one attached hydrogen (secondary N) is 1. The molecule has 1 unspecified atom stereocenters. The van der Waals surface area contributed by atoms with E-state index in [4.69, 9.17) is 5.73 Å². The van der Waals surface area contributed by atoms with Crippen LogP contribution in [0.15, 0.2) is 18.5 Å². The van der Waals surface area contributed by atoms with Crippen molar-refractivity contribution in [1.82, 2.24) is 9.71 Å². The van der Waals surface area contributed by atoms with Crippen molar-refractivity contribution >= 4 is 10.0 Å². The summed E-state index contributed by atoms with van der Waals surface area (Å²) in [5.41, 5.74) is 7.33. The predicted octanol–water partition coefficient (Wildman–Crippen LogP) is 0.547. The minimum absolute atomic E-state index is 0.140. The van der Waals surface area contributed by atoms with Crippen LogP contribution in [0.4, 0.5) is 0 Å². The van der Waals surface area contributed by atoms with Gasteiger partial charge in [0, 0.05) is 25.5 Å². The number of aromatic nitrogens is 1. The number of sulfonamides is 1. The second-order valence-corrected chi connectivity index (χ2v) is 5.98. The highest BCUT2D eigenvalue weighted by Gasteiger charge is 2.21. The summed E-state index contributed by atoms with van der Waals surface area (Å²) in [5, 5.41) is -0.523. The Bertz CT molecular complexity index is 456. The first-order valence-corrected chi connectivity index (χ1v) is 7.14. The number of nitrogens with zero attached hydrogens (tertiary/aromatic N) is 1. The highest BCUT2D eigenvalue weighted by atomic mass is 32.2. The van der Waals surface area contributed by atoms with Gasteiger partial charge in [0.15, 0.2) is 0 Å². The molecule has 0 fully saturated rings. The van der Waals surface area contributed by atoms with Crippen molar-refractivity contribution in [1.29, 1.82) is 0 Å². The van der Waals surface area contributed by atoms with Crippen LogP contribution in [-0.2, 0) is 16.6 Å². The van der Waals surface area contributed by atoms with Crippen molar-refractivity contribution in [3.8, 4) is 0 Å². The summed E-state index contributed by atoms with van der Waals surface area (Å²) in [5.74, 6) is 0. The second-order valence-electron chi connectivity index (χ2n) is 3.93. The summed E-state index contributed by atoms with van der Waals surface area (Å²) in [6.45, 7) is 4.14. The number of hydrogen-bond donors (Lipinski definition) is 2. The molecular weight excluding hydrogens is 238 g/mol. The van der Waals surface area contributed by atoms with E-state index in [1.165, 1.54) is 0 Å². The van der Waals surface area contributed by atoms with Gasteiger partial charge in [-0.25, -0.2) is 13.1 Å². The molecule has 1 aromatic heterocycles. The van der Waals surface area contributed by atoms with Crippen molar-refractivity contribution in [2.45, 2.75) is 32.1 Å². The van der Waals surface area contributed by atoms with Crippen LogP contribution in [0, 0.1) is 6.92 Å². The number of aryl methyl sites for hydroxylation is 1. The molecule has 1 atom stereocenters. The Balaban J connectivity index is 2.71. The van der Waals surface area contributed by atoms with Gasteiger partial charge in [0.25, 0.3) is 0 Å². The Labute approximate surface area is 102 Å². The van der Waals surface area contributed by atoms with Crippen molar-refractivity contribution in [3.63, 3.8) is 0 Å². The summed E-state index contributed by atoms with van der Waals surface area (Å²) in [4.78, 5) is 3.96. The van der Waals surface area contributed by atoms with Crippen LogP contribution in [0.5, 0.6) is 0 Å². The molecule has 0 saturated carbocycles. The third-order valence-electron chi connectivity index (χ3n) is 2.76. The van der Waals surface area contributed by atoms with Gasteiger partial charge in [0.1, 0.15) is 0 Å². The van der Waals surface area contributed by atoms with E-state index in [-0.39, 0.29) is 13.1 Å². The van der Waals surface area contributed by atoms with E-state index in [0.29, 0.717) is 6.42 Å². The van der Waals surface area contributed by atoms with Crippen LogP contribution in [-0.4, -0.2) is 25.2 Å². The van der Waals surface area contributed by atoms with Gasteiger partial charge in [-0.3, -0.25) is 4.98 Å². The topological polar surface area (TPSA) is 85.1 Å². The second kappa shape index (κ2) is 6.09. The Hall–Kier alpha value is -0.980. The molecule has 1 rings (SSSR count). The molecule has 6 heteroatoms. The Morgan fingerprint density at radius 3 is 2.76 bits per heavy atom. The van der Waals surface area contributed by atoms with Gasteiger partial charge >= 0.3 is 0 Å². The lowest BCUT2D eigenvalue weighted by molar-refractivity contribution is 0.560. The predicted molar refractivity (Wildman–Crippen MR) is 67.9 cm³/mol. The molecule has 0 aliphatic heterocycles. The largest absolute Gasteiger partial charge is 0.329 e. The minimum atomic E-state index is -3.33. The zero-order chi connectivity index (χ0) is 12.9. The van der Waals surface area contributed by atoms with E-state index in [2.05, 4.69) is 9.71 Å². The standard InChI is InChI=1S/C11H19N3O2S/c1-3-11(6-12)17(15,16)14-8-10-4-5-13-7-9(10)2/h4-5,7,11,14H,3,6,8,12H2,1-2H3. The Kier molecular flexibility index (Phi) is 5.04. The molecule has 17 heavy (non-hydrogen) atoms. The van der Waals surface area contributed by atoms with Crippen molar-refractivity contribution in [2.75, 3.05) is 6.54 Å². The van der Waals surface area contributed by atoms with Crippen LogP contribution in [0.2, 0.25) is 0 Å². The third kappa shape index (κ3) is 3.76. The average molecular weight is 257 g/mol. The monoisotopic (exact) mass is 257 g/mol. The van der Waals surface area contributed by atoms with Gasteiger partial charge in [0.05, 0.1) is 5.25 Å². The molecule has 0 spiro atoms. The van der Waals surface area contributed by atoms with Gasteiger partial charge in [-0.2, -0.15) is 0 Å². The van der Waals surface area contributed by atoms with E-state index in [1.807, 2.05) is 13.8 Å². The van der Waals surface area contributed by atoms with Crippen LogP contribution < -0.4 is 10.5 Å². The molecule has 1 heterocycles. The van der Waals surface area contributed by atoms with Gasteiger partial charge in [-0.15, -0.1) is 0 Å². The zero-order valence-corrected chi connectivity index (χ0v) is 11.0. The van der Waals surface area contributed by atoms with E-state index < -0.39 is 15.3 Å². The summed E-state index contributed by atoms with van der Waals surface area (Å²) in [7, 11) is -3.33. The summed E-state index contributed by atoms with van der Waals surface area (Å²) >= 11 is 0. The SMILES string of the molecule is CCC(CN)S(=O)(=O)NCc1ccncc1C. The van der Waals surface area contributed by atoms with Gasteiger partial charge in [-0.1, -0.05) is 6.92 Å². The Morgan fingerprint density at radius 1 is 1.53 bits per heavy atom. The molecule has 3 N–H and O–H groups in total. The molecule has 0 radical (unpaired) electrons. The van der Waals surface area contributed by atoms with E-state index in [9.17, 15) is 8.42 Å². The fourth-order valence-electron chi connectivity index (χ4n) is 1.51. The van der Waals surface area contributed by atoms with Gasteiger partial charge in [-0.05, 0) is 30.5 Å². The fourth-order valence-corrected chi connectivity index (χ4v) is 2.79. The first-order valence-electron chi connectivity index (χ1n) is 5.59. The lowest BCUT2D eigenvalue weighted by atomic mass is 10.2. The highest BCUT2D eigenvalue weighted by Crippen LogP contribution is 2.07. The maximum atomic E-state index is 11.9. The first kappa shape index (κ1) is 14.1.